The quantitative estimate of drug-likeness (QED) is 0.111. The fraction of sp³-hybridized carbons (Fsp3) is 0.647. The standard InChI is InChI=1S/C17H29N5O10/c1-7(24)13(16(30)21-10(17(31)32)3-5-12(26)27)22-15(29)9(2-4-11(19)25)20-14(28)8(18)6-23/h7-10,13,23-24H,2-6,18H2,1H3,(H2,19,25)(H,20,28)(H,21,30)(H,22,29)(H,26,27)(H,31,32). The highest BCUT2D eigenvalue weighted by molar-refractivity contribution is 5.94. The van der Waals surface area contributed by atoms with Crippen molar-refractivity contribution < 1.29 is 49.2 Å². The number of aliphatic hydroxyl groups is 2. The summed E-state index contributed by atoms with van der Waals surface area (Å²) in [7, 11) is 0. The summed E-state index contributed by atoms with van der Waals surface area (Å²) < 4.78 is 0. The minimum atomic E-state index is -1.69. The Kier molecular flexibility index (Phi) is 12.5. The van der Waals surface area contributed by atoms with Gasteiger partial charge < -0.3 is 47.8 Å². The van der Waals surface area contributed by atoms with Crippen molar-refractivity contribution in [2.24, 2.45) is 11.5 Å². The number of hydrogen-bond acceptors (Lipinski definition) is 9. The highest BCUT2D eigenvalue weighted by Crippen LogP contribution is 2.04. The molecule has 15 nitrogen and oxygen atoms in total. The van der Waals surface area contributed by atoms with E-state index in [4.69, 9.17) is 26.8 Å². The number of aliphatic carboxylic acids is 2. The molecular formula is C17H29N5O10. The Morgan fingerprint density at radius 3 is 1.81 bits per heavy atom. The Morgan fingerprint density at radius 2 is 1.38 bits per heavy atom. The van der Waals surface area contributed by atoms with Crippen LogP contribution in [0, 0.1) is 0 Å². The summed E-state index contributed by atoms with van der Waals surface area (Å²) in [4.78, 5) is 69.9. The highest BCUT2D eigenvalue weighted by Gasteiger charge is 2.32. The second kappa shape index (κ2) is 13.9. The zero-order valence-electron chi connectivity index (χ0n) is 17.3. The molecule has 32 heavy (non-hydrogen) atoms. The molecule has 0 aliphatic heterocycles. The predicted molar refractivity (Wildman–Crippen MR) is 105 cm³/mol. The number of carboxylic acid groups (broad SMARTS) is 2. The van der Waals surface area contributed by atoms with Crippen molar-refractivity contribution in [1.82, 2.24) is 16.0 Å². The van der Waals surface area contributed by atoms with Gasteiger partial charge in [-0.15, -0.1) is 0 Å². The second-order valence-corrected chi connectivity index (χ2v) is 6.91. The van der Waals surface area contributed by atoms with Gasteiger partial charge in [0.15, 0.2) is 0 Å². The summed E-state index contributed by atoms with van der Waals surface area (Å²) in [6.45, 7) is 0.387. The molecule has 0 aromatic carbocycles. The lowest BCUT2D eigenvalue weighted by atomic mass is 10.1. The summed E-state index contributed by atoms with van der Waals surface area (Å²) in [5.41, 5.74) is 10.4. The van der Waals surface area contributed by atoms with Gasteiger partial charge in [-0.3, -0.25) is 24.0 Å². The van der Waals surface area contributed by atoms with Crippen molar-refractivity contribution in [1.29, 1.82) is 0 Å². The van der Waals surface area contributed by atoms with Crippen molar-refractivity contribution in [3.8, 4) is 0 Å². The molecule has 4 amide bonds. The Morgan fingerprint density at radius 1 is 0.844 bits per heavy atom. The molecule has 0 rings (SSSR count). The molecule has 0 spiro atoms. The van der Waals surface area contributed by atoms with Crippen molar-refractivity contribution in [3.05, 3.63) is 0 Å². The Hall–Kier alpha value is -3.30. The monoisotopic (exact) mass is 463 g/mol. The molecule has 0 fully saturated rings. The first-order valence-electron chi connectivity index (χ1n) is 9.48. The first-order chi connectivity index (χ1) is 14.8. The fourth-order valence-electron chi connectivity index (χ4n) is 2.36. The van der Waals surface area contributed by atoms with Crippen LogP contribution in [0.2, 0.25) is 0 Å². The molecule has 0 saturated heterocycles. The van der Waals surface area contributed by atoms with E-state index in [1.54, 1.807) is 0 Å². The molecule has 182 valence electrons. The van der Waals surface area contributed by atoms with Gasteiger partial charge in [0.25, 0.3) is 0 Å². The first-order valence-corrected chi connectivity index (χ1v) is 9.48. The molecule has 0 aromatic heterocycles. The van der Waals surface area contributed by atoms with Crippen LogP contribution in [0.4, 0.5) is 0 Å². The number of nitrogens with two attached hydrogens (primary N) is 2. The van der Waals surface area contributed by atoms with Crippen LogP contribution in [0.1, 0.15) is 32.6 Å². The average Bonchev–Trinajstić information content (AvgIpc) is 2.70. The van der Waals surface area contributed by atoms with Gasteiger partial charge >= 0.3 is 11.9 Å². The maximum Gasteiger partial charge on any atom is 0.326 e. The number of amides is 4. The third-order valence-corrected chi connectivity index (χ3v) is 4.17. The van der Waals surface area contributed by atoms with E-state index in [9.17, 15) is 33.9 Å². The third-order valence-electron chi connectivity index (χ3n) is 4.17. The fourth-order valence-corrected chi connectivity index (χ4v) is 2.36. The maximum atomic E-state index is 12.6. The van der Waals surface area contributed by atoms with Gasteiger partial charge in [-0.25, -0.2) is 4.79 Å². The number of aliphatic hydroxyl groups excluding tert-OH is 2. The molecule has 0 saturated carbocycles. The van der Waals surface area contributed by atoms with Crippen molar-refractivity contribution in [2.75, 3.05) is 6.61 Å². The number of carbonyl (C=O) groups is 6. The number of carbonyl (C=O) groups excluding carboxylic acids is 4. The molecule has 15 heteroatoms. The number of primary amides is 1. The lowest BCUT2D eigenvalue weighted by molar-refractivity contribution is -0.144. The average molecular weight is 463 g/mol. The van der Waals surface area contributed by atoms with Gasteiger partial charge in [0, 0.05) is 12.8 Å². The van der Waals surface area contributed by atoms with Crippen molar-refractivity contribution in [2.45, 2.75) is 62.9 Å². The lowest BCUT2D eigenvalue weighted by Gasteiger charge is -2.26. The number of hydrogen-bond donors (Lipinski definition) is 9. The SMILES string of the molecule is CC(O)C(NC(=O)C(CCC(N)=O)NC(=O)C(N)CO)C(=O)NC(CCC(=O)O)C(=O)O. The Labute approximate surface area is 182 Å². The van der Waals surface area contributed by atoms with Gasteiger partial charge in [-0.1, -0.05) is 0 Å². The Balaban J connectivity index is 5.42. The molecule has 0 aliphatic carbocycles. The smallest absolute Gasteiger partial charge is 0.326 e. The zero-order chi connectivity index (χ0) is 25.0. The normalized spacial score (nSPS) is 15.4. The summed E-state index contributed by atoms with van der Waals surface area (Å²) >= 11 is 0. The second-order valence-electron chi connectivity index (χ2n) is 6.91. The van der Waals surface area contributed by atoms with Gasteiger partial charge in [0.05, 0.1) is 12.7 Å². The van der Waals surface area contributed by atoms with E-state index < -0.39 is 85.3 Å². The van der Waals surface area contributed by atoms with E-state index in [1.165, 1.54) is 0 Å². The third kappa shape index (κ3) is 10.6. The van der Waals surface area contributed by atoms with Crippen molar-refractivity contribution >= 4 is 35.6 Å². The van der Waals surface area contributed by atoms with Gasteiger partial charge in [0.1, 0.15) is 24.2 Å². The largest absolute Gasteiger partial charge is 0.481 e. The first kappa shape index (κ1) is 28.7. The molecule has 0 aliphatic rings. The van der Waals surface area contributed by atoms with Crippen LogP contribution >= 0.6 is 0 Å². The maximum absolute atomic E-state index is 12.6. The highest BCUT2D eigenvalue weighted by atomic mass is 16.4. The molecule has 5 unspecified atom stereocenters. The van der Waals surface area contributed by atoms with Gasteiger partial charge in [0.2, 0.25) is 23.6 Å². The van der Waals surface area contributed by atoms with E-state index >= 15 is 0 Å². The zero-order valence-corrected chi connectivity index (χ0v) is 17.3. The minimum absolute atomic E-state index is 0.296. The Bertz CT molecular complexity index is 714. The molecule has 0 bridgehead atoms. The van der Waals surface area contributed by atoms with Crippen LogP contribution in [0.3, 0.4) is 0 Å². The van der Waals surface area contributed by atoms with E-state index in [-0.39, 0.29) is 12.8 Å². The molecular weight excluding hydrogens is 434 g/mol. The van der Waals surface area contributed by atoms with Crippen LogP contribution < -0.4 is 27.4 Å². The van der Waals surface area contributed by atoms with Gasteiger partial charge in [-0.2, -0.15) is 0 Å². The summed E-state index contributed by atoms with van der Waals surface area (Å²) in [6.07, 6.45) is -3.17. The van der Waals surface area contributed by atoms with E-state index in [0.29, 0.717) is 0 Å². The number of carboxylic acids is 2. The van der Waals surface area contributed by atoms with Crippen LogP contribution in [0.5, 0.6) is 0 Å². The van der Waals surface area contributed by atoms with Crippen molar-refractivity contribution in [3.63, 3.8) is 0 Å². The topological polar surface area (TPSA) is 271 Å². The van der Waals surface area contributed by atoms with Crippen LogP contribution in [0.25, 0.3) is 0 Å². The lowest BCUT2D eigenvalue weighted by Crippen LogP contribution is -2.60. The van der Waals surface area contributed by atoms with E-state index in [0.717, 1.165) is 6.92 Å². The van der Waals surface area contributed by atoms with Crippen LogP contribution in [-0.2, 0) is 28.8 Å². The number of nitrogens with one attached hydrogen (secondary N) is 3. The molecule has 0 radical (unpaired) electrons. The molecule has 5 atom stereocenters. The summed E-state index contributed by atoms with van der Waals surface area (Å²) in [5.74, 6) is -6.70. The molecule has 0 aromatic rings. The summed E-state index contributed by atoms with van der Waals surface area (Å²) in [5, 5.41) is 43.0. The molecule has 11 N–H and O–H groups in total. The van der Waals surface area contributed by atoms with Crippen LogP contribution in [0.15, 0.2) is 0 Å². The van der Waals surface area contributed by atoms with E-state index in [1.807, 2.05) is 5.32 Å². The summed E-state index contributed by atoms with van der Waals surface area (Å²) in [6, 6.07) is -6.09. The minimum Gasteiger partial charge on any atom is -0.481 e. The van der Waals surface area contributed by atoms with Crippen LogP contribution in [-0.4, -0.2) is 92.9 Å². The molecule has 0 heterocycles. The predicted octanol–water partition coefficient (Wildman–Crippen LogP) is -4.64. The van der Waals surface area contributed by atoms with Gasteiger partial charge in [-0.05, 0) is 19.8 Å². The number of rotatable bonds is 15. The van der Waals surface area contributed by atoms with E-state index in [2.05, 4.69) is 10.6 Å².